The first-order chi connectivity index (χ1) is 10.7. The number of hydrogen-bond donors (Lipinski definition) is 1. The van der Waals surface area contributed by atoms with E-state index in [1.54, 1.807) is 0 Å². The van der Waals surface area contributed by atoms with E-state index in [-0.39, 0.29) is 5.04 Å². The molecule has 0 rings (SSSR count). The minimum absolute atomic E-state index is 0.132. The average molecular weight is 341 g/mol. The van der Waals surface area contributed by atoms with Crippen LogP contribution in [0.3, 0.4) is 0 Å². The summed E-state index contributed by atoms with van der Waals surface area (Å²) in [6.07, 6.45) is 21.5. The SMILES string of the molecule is C#CCCCCCCCCCCCCC.CC(C)(C)[Si](C)(C)O. The largest absolute Gasteiger partial charge is 0.432 e. The zero-order valence-electron chi connectivity index (χ0n) is 17.0. The molecule has 0 aromatic rings. The second kappa shape index (κ2) is 15.3. The maximum absolute atomic E-state index is 9.49. The van der Waals surface area contributed by atoms with E-state index < -0.39 is 8.32 Å². The first-order valence-electron chi connectivity index (χ1n) is 9.82. The molecule has 0 bridgehead atoms. The van der Waals surface area contributed by atoms with Gasteiger partial charge < -0.3 is 4.80 Å². The van der Waals surface area contributed by atoms with Crippen LogP contribution in [0.15, 0.2) is 0 Å². The van der Waals surface area contributed by atoms with Gasteiger partial charge in [0, 0.05) is 6.42 Å². The molecule has 0 saturated carbocycles. The van der Waals surface area contributed by atoms with Gasteiger partial charge in [-0.3, -0.25) is 0 Å². The molecule has 0 fully saturated rings. The smallest absolute Gasteiger partial charge is 0.187 e. The van der Waals surface area contributed by atoms with Gasteiger partial charge in [0.25, 0.3) is 0 Å². The fourth-order valence-electron chi connectivity index (χ4n) is 1.89. The Morgan fingerprint density at radius 1 is 0.783 bits per heavy atom. The molecule has 138 valence electrons. The predicted molar refractivity (Wildman–Crippen MR) is 109 cm³/mol. The molecule has 0 aromatic carbocycles. The molecule has 0 aromatic heterocycles. The molecule has 0 radical (unpaired) electrons. The third-order valence-electron chi connectivity index (χ3n) is 4.76. The van der Waals surface area contributed by atoms with Crippen molar-refractivity contribution in [3.05, 3.63) is 0 Å². The van der Waals surface area contributed by atoms with Crippen LogP contribution < -0.4 is 0 Å². The molecule has 2 heteroatoms. The predicted octanol–water partition coefficient (Wildman–Crippen LogP) is 7.30. The number of hydrogen-bond acceptors (Lipinski definition) is 1. The van der Waals surface area contributed by atoms with Crippen LogP contribution in [-0.2, 0) is 0 Å². The topological polar surface area (TPSA) is 20.2 Å². The lowest BCUT2D eigenvalue weighted by atomic mass is 10.1. The average Bonchev–Trinajstić information content (AvgIpc) is 2.43. The Morgan fingerprint density at radius 2 is 1.09 bits per heavy atom. The van der Waals surface area contributed by atoms with Gasteiger partial charge >= 0.3 is 0 Å². The highest BCUT2D eigenvalue weighted by molar-refractivity contribution is 6.72. The summed E-state index contributed by atoms with van der Waals surface area (Å²) < 4.78 is 0. The van der Waals surface area contributed by atoms with Crippen LogP contribution in [-0.4, -0.2) is 13.1 Å². The van der Waals surface area contributed by atoms with Crippen molar-refractivity contribution in [2.45, 2.75) is 123 Å². The molecular weight excluding hydrogens is 296 g/mol. The molecule has 1 nitrogen and oxygen atoms in total. The van der Waals surface area contributed by atoms with Crippen molar-refractivity contribution >= 4 is 8.32 Å². The molecular formula is C21H44OSi. The third kappa shape index (κ3) is 19.7. The highest BCUT2D eigenvalue weighted by atomic mass is 28.4. The molecule has 0 saturated heterocycles. The zero-order valence-corrected chi connectivity index (χ0v) is 18.0. The third-order valence-corrected chi connectivity index (χ3v) is 8.43. The first-order valence-corrected chi connectivity index (χ1v) is 12.8. The summed E-state index contributed by atoms with van der Waals surface area (Å²) in [6, 6.07) is 0. The minimum atomic E-state index is -1.86. The van der Waals surface area contributed by atoms with E-state index in [1.807, 2.05) is 13.1 Å². The van der Waals surface area contributed by atoms with E-state index in [0.717, 1.165) is 6.42 Å². The molecule has 0 spiro atoms. The summed E-state index contributed by atoms with van der Waals surface area (Å²) in [4.78, 5) is 9.49. The van der Waals surface area contributed by atoms with Crippen LogP contribution in [0.5, 0.6) is 0 Å². The lowest BCUT2D eigenvalue weighted by molar-refractivity contribution is 0.487. The first kappa shape index (κ1) is 25.0. The van der Waals surface area contributed by atoms with Crippen molar-refractivity contribution in [2.75, 3.05) is 0 Å². The quantitative estimate of drug-likeness (QED) is 0.237. The van der Waals surface area contributed by atoms with Gasteiger partial charge in [0.1, 0.15) is 0 Å². The Balaban J connectivity index is 0. The molecule has 0 atom stereocenters. The Hall–Kier alpha value is -0.263. The van der Waals surface area contributed by atoms with Crippen molar-refractivity contribution in [1.29, 1.82) is 0 Å². The summed E-state index contributed by atoms with van der Waals surface area (Å²) in [7, 11) is -1.86. The summed E-state index contributed by atoms with van der Waals surface area (Å²) >= 11 is 0. The van der Waals surface area contributed by atoms with Crippen LogP contribution in [0.25, 0.3) is 0 Å². The standard InChI is InChI=1S/C15H28.C6H16OSi/c1-3-5-7-9-11-13-15-14-12-10-8-6-4-2;1-6(2,3)8(4,5)7/h1H,4-15H2,2H3;7H,1-5H3. The second-order valence-electron chi connectivity index (χ2n) is 8.30. The van der Waals surface area contributed by atoms with Gasteiger partial charge in [0.05, 0.1) is 0 Å². The van der Waals surface area contributed by atoms with Crippen LogP contribution in [0.2, 0.25) is 18.1 Å². The van der Waals surface area contributed by atoms with E-state index in [1.165, 1.54) is 70.6 Å². The summed E-state index contributed by atoms with van der Waals surface area (Å²) in [5.74, 6) is 2.70. The van der Waals surface area contributed by atoms with Crippen molar-refractivity contribution < 1.29 is 4.80 Å². The number of terminal acetylenes is 1. The van der Waals surface area contributed by atoms with Gasteiger partial charge in [-0.1, -0.05) is 91.9 Å². The van der Waals surface area contributed by atoms with Gasteiger partial charge in [-0.05, 0) is 24.6 Å². The fraction of sp³-hybridized carbons (Fsp3) is 0.905. The minimum Gasteiger partial charge on any atom is -0.432 e. The summed E-state index contributed by atoms with van der Waals surface area (Å²) in [6.45, 7) is 12.5. The van der Waals surface area contributed by atoms with Crippen LogP contribution >= 0.6 is 0 Å². The lowest BCUT2D eigenvalue weighted by Gasteiger charge is -2.30. The monoisotopic (exact) mass is 340 g/mol. The highest BCUT2D eigenvalue weighted by Gasteiger charge is 2.32. The van der Waals surface area contributed by atoms with Gasteiger partial charge in [-0.25, -0.2) is 0 Å². The van der Waals surface area contributed by atoms with Crippen LogP contribution in [0.4, 0.5) is 0 Å². The van der Waals surface area contributed by atoms with E-state index in [9.17, 15) is 4.80 Å². The zero-order chi connectivity index (χ0) is 18.2. The van der Waals surface area contributed by atoms with E-state index in [4.69, 9.17) is 6.42 Å². The van der Waals surface area contributed by atoms with Gasteiger partial charge in [-0.15, -0.1) is 12.3 Å². The molecule has 0 aliphatic rings. The fourth-order valence-corrected chi connectivity index (χ4v) is 1.89. The summed E-state index contributed by atoms with van der Waals surface area (Å²) in [5.41, 5.74) is 0. The molecule has 0 aliphatic carbocycles. The number of unbranched alkanes of at least 4 members (excludes halogenated alkanes) is 11. The molecule has 0 aliphatic heterocycles. The Bertz CT molecular complexity index is 266. The molecule has 23 heavy (non-hydrogen) atoms. The maximum atomic E-state index is 9.49. The van der Waals surface area contributed by atoms with Crippen molar-refractivity contribution in [3.63, 3.8) is 0 Å². The van der Waals surface area contributed by atoms with Gasteiger partial charge in [-0.2, -0.15) is 0 Å². The normalized spacial score (nSPS) is 11.6. The van der Waals surface area contributed by atoms with Crippen LogP contribution in [0.1, 0.15) is 105 Å². The van der Waals surface area contributed by atoms with E-state index in [0.29, 0.717) is 0 Å². The molecule has 0 amide bonds. The van der Waals surface area contributed by atoms with Gasteiger partial charge in [0.2, 0.25) is 0 Å². The van der Waals surface area contributed by atoms with E-state index in [2.05, 4.69) is 33.6 Å². The summed E-state index contributed by atoms with van der Waals surface area (Å²) in [5, 5.41) is 0.132. The Kier molecular flexibility index (Phi) is 16.6. The van der Waals surface area contributed by atoms with Crippen molar-refractivity contribution in [2.24, 2.45) is 0 Å². The van der Waals surface area contributed by atoms with Crippen molar-refractivity contribution in [1.82, 2.24) is 0 Å². The second-order valence-corrected chi connectivity index (χ2v) is 12.9. The molecule has 0 heterocycles. The Morgan fingerprint density at radius 3 is 1.35 bits per heavy atom. The molecule has 0 unspecified atom stereocenters. The molecule has 1 N–H and O–H groups in total. The maximum Gasteiger partial charge on any atom is 0.187 e. The number of rotatable bonds is 11. The van der Waals surface area contributed by atoms with Crippen LogP contribution in [0, 0.1) is 12.3 Å². The van der Waals surface area contributed by atoms with E-state index >= 15 is 0 Å². The highest BCUT2D eigenvalue weighted by Crippen LogP contribution is 2.33. The lowest BCUT2D eigenvalue weighted by Crippen LogP contribution is -2.36. The Labute approximate surface area is 148 Å². The van der Waals surface area contributed by atoms with Crippen molar-refractivity contribution in [3.8, 4) is 12.3 Å². The van der Waals surface area contributed by atoms with Gasteiger partial charge in [0.15, 0.2) is 8.32 Å².